The molecule has 0 N–H and O–H groups in total. The van der Waals surface area contributed by atoms with E-state index in [9.17, 15) is 9.59 Å². The maximum absolute atomic E-state index is 12.5. The molecule has 4 heteroatoms. The number of aromatic nitrogens is 1. The number of pyridine rings is 1. The first-order valence-corrected chi connectivity index (χ1v) is 8.68. The fraction of sp³-hybridized carbons (Fsp3) is 0.150. The average Bonchev–Trinajstić information content (AvgIpc) is 3.17. The number of thiophene rings is 1. The van der Waals surface area contributed by atoms with Crippen LogP contribution in [0.3, 0.4) is 0 Å². The number of Topliss-reactive ketones (excluding diaryl/α,β-unsaturated/α-hetero) is 2. The van der Waals surface area contributed by atoms with E-state index in [-0.39, 0.29) is 23.9 Å². The summed E-state index contributed by atoms with van der Waals surface area (Å²) in [5.41, 5.74) is 1.45. The first kappa shape index (κ1) is 16.3. The van der Waals surface area contributed by atoms with Crippen LogP contribution in [-0.2, 0) is 0 Å². The molecule has 0 saturated carbocycles. The van der Waals surface area contributed by atoms with Crippen molar-refractivity contribution in [3.8, 4) is 0 Å². The van der Waals surface area contributed by atoms with Gasteiger partial charge < -0.3 is 0 Å². The third-order valence-electron chi connectivity index (χ3n) is 3.88. The molecule has 0 aliphatic carbocycles. The number of ketones is 2. The van der Waals surface area contributed by atoms with E-state index in [0.717, 1.165) is 10.4 Å². The molecule has 3 aromatic rings. The van der Waals surface area contributed by atoms with E-state index in [0.29, 0.717) is 12.1 Å². The van der Waals surface area contributed by atoms with Crippen molar-refractivity contribution >= 4 is 22.9 Å². The highest BCUT2D eigenvalue weighted by Gasteiger charge is 2.22. The molecule has 24 heavy (non-hydrogen) atoms. The summed E-state index contributed by atoms with van der Waals surface area (Å²) < 4.78 is 0. The Labute approximate surface area is 145 Å². The van der Waals surface area contributed by atoms with Crippen LogP contribution in [0.2, 0.25) is 0 Å². The van der Waals surface area contributed by atoms with Crippen molar-refractivity contribution in [1.82, 2.24) is 4.98 Å². The number of carbonyl (C=O) groups excluding carboxylic acids is 2. The van der Waals surface area contributed by atoms with Crippen molar-refractivity contribution in [2.45, 2.75) is 18.8 Å². The second-order valence-electron chi connectivity index (χ2n) is 5.55. The highest BCUT2D eigenvalue weighted by Crippen LogP contribution is 2.27. The molecule has 0 aliphatic rings. The molecule has 3 rings (SSSR count). The average molecular weight is 335 g/mol. The number of nitrogens with zero attached hydrogens (tertiary/aromatic N) is 1. The van der Waals surface area contributed by atoms with Crippen molar-refractivity contribution in [2.75, 3.05) is 0 Å². The van der Waals surface area contributed by atoms with Gasteiger partial charge in [-0.15, -0.1) is 11.3 Å². The van der Waals surface area contributed by atoms with Gasteiger partial charge in [-0.2, -0.15) is 0 Å². The molecule has 0 saturated heterocycles. The summed E-state index contributed by atoms with van der Waals surface area (Å²) in [6.45, 7) is 0. The fourth-order valence-electron chi connectivity index (χ4n) is 2.65. The molecular formula is C20H17NO2S. The molecule has 120 valence electrons. The molecule has 0 amide bonds. The SMILES string of the molecule is O=C(CC(CC(=O)c1cccs1)c1ccccc1)c1ccccn1. The summed E-state index contributed by atoms with van der Waals surface area (Å²) in [5, 5.41) is 1.89. The van der Waals surface area contributed by atoms with Crippen LogP contribution >= 0.6 is 11.3 Å². The maximum atomic E-state index is 12.5. The molecule has 0 aliphatic heterocycles. The summed E-state index contributed by atoms with van der Waals surface area (Å²) in [5.74, 6) is -0.105. The van der Waals surface area contributed by atoms with E-state index in [1.54, 1.807) is 24.4 Å². The van der Waals surface area contributed by atoms with Crippen molar-refractivity contribution in [1.29, 1.82) is 0 Å². The zero-order valence-corrected chi connectivity index (χ0v) is 13.9. The number of carbonyl (C=O) groups is 2. The lowest BCUT2D eigenvalue weighted by Crippen LogP contribution is -2.13. The van der Waals surface area contributed by atoms with E-state index in [1.807, 2.05) is 47.8 Å². The summed E-state index contributed by atoms with van der Waals surface area (Å²) in [7, 11) is 0. The standard InChI is InChI=1S/C20H17NO2S/c22-18(17-9-4-5-11-21-17)13-16(15-7-2-1-3-8-15)14-19(23)20-10-6-12-24-20/h1-12,16H,13-14H2. The van der Waals surface area contributed by atoms with Gasteiger partial charge in [0, 0.05) is 19.0 Å². The predicted molar refractivity (Wildman–Crippen MR) is 95.6 cm³/mol. The van der Waals surface area contributed by atoms with Crippen molar-refractivity contribution in [3.63, 3.8) is 0 Å². The van der Waals surface area contributed by atoms with Crippen molar-refractivity contribution in [3.05, 3.63) is 88.4 Å². The number of hydrogen-bond donors (Lipinski definition) is 0. The third-order valence-corrected chi connectivity index (χ3v) is 4.79. The summed E-state index contributed by atoms with van der Waals surface area (Å²) in [6, 6.07) is 18.7. The molecule has 0 spiro atoms. The number of rotatable bonds is 7. The van der Waals surface area contributed by atoms with E-state index >= 15 is 0 Å². The van der Waals surface area contributed by atoms with Gasteiger partial charge in [-0.3, -0.25) is 14.6 Å². The van der Waals surface area contributed by atoms with Gasteiger partial charge in [0.25, 0.3) is 0 Å². The smallest absolute Gasteiger partial charge is 0.181 e. The Morgan fingerprint density at radius 1 is 0.875 bits per heavy atom. The highest BCUT2D eigenvalue weighted by molar-refractivity contribution is 7.12. The maximum Gasteiger partial charge on any atom is 0.181 e. The minimum Gasteiger partial charge on any atom is -0.293 e. The molecule has 0 radical (unpaired) electrons. The van der Waals surface area contributed by atoms with Gasteiger partial charge in [0.05, 0.1) is 4.88 Å². The molecule has 0 fully saturated rings. The summed E-state index contributed by atoms with van der Waals surface area (Å²) in [4.78, 5) is 29.9. The predicted octanol–water partition coefficient (Wildman–Crippen LogP) is 4.77. The van der Waals surface area contributed by atoms with Gasteiger partial charge in [-0.05, 0) is 35.1 Å². The Bertz CT molecular complexity index is 798. The van der Waals surface area contributed by atoms with Crippen LogP contribution in [0.1, 0.15) is 44.5 Å². The number of hydrogen-bond acceptors (Lipinski definition) is 4. The van der Waals surface area contributed by atoms with E-state index in [4.69, 9.17) is 0 Å². The van der Waals surface area contributed by atoms with Crippen molar-refractivity contribution < 1.29 is 9.59 Å². The van der Waals surface area contributed by atoms with E-state index in [2.05, 4.69) is 4.98 Å². The monoisotopic (exact) mass is 335 g/mol. The van der Waals surface area contributed by atoms with E-state index < -0.39 is 0 Å². The molecule has 1 atom stereocenters. The molecule has 2 heterocycles. The van der Waals surface area contributed by atoms with Gasteiger partial charge in [-0.1, -0.05) is 42.5 Å². The van der Waals surface area contributed by atoms with Crippen molar-refractivity contribution in [2.24, 2.45) is 0 Å². The molecule has 1 aromatic carbocycles. The highest BCUT2D eigenvalue weighted by atomic mass is 32.1. The molecule has 2 aromatic heterocycles. The normalized spacial score (nSPS) is 11.8. The third kappa shape index (κ3) is 4.03. The van der Waals surface area contributed by atoms with Crippen LogP contribution in [0.4, 0.5) is 0 Å². The van der Waals surface area contributed by atoms with Gasteiger partial charge in [0.1, 0.15) is 5.69 Å². The second-order valence-corrected chi connectivity index (χ2v) is 6.50. The molecular weight excluding hydrogens is 318 g/mol. The molecule has 0 bridgehead atoms. The van der Waals surface area contributed by atoms with Crippen LogP contribution in [0.15, 0.2) is 72.2 Å². The first-order valence-electron chi connectivity index (χ1n) is 7.80. The zero-order valence-electron chi connectivity index (χ0n) is 13.1. The topological polar surface area (TPSA) is 47.0 Å². The quantitative estimate of drug-likeness (QED) is 0.584. The molecule has 3 nitrogen and oxygen atoms in total. The van der Waals surface area contributed by atoms with Crippen LogP contribution < -0.4 is 0 Å². The zero-order chi connectivity index (χ0) is 16.8. The lowest BCUT2D eigenvalue weighted by Gasteiger charge is -2.15. The van der Waals surface area contributed by atoms with Gasteiger partial charge in [0.15, 0.2) is 11.6 Å². The lowest BCUT2D eigenvalue weighted by molar-refractivity contribution is 0.0943. The van der Waals surface area contributed by atoms with Crippen LogP contribution in [-0.4, -0.2) is 16.6 Å². The summed E-state index contributed by atoms with van der Waals surface area (Å²) >= 11 is 1.44. The first-order chi connectivity index (χ1) is 11.7. The Kier molecular flexibility index (Phi) is 5.29. The van der Waals surface area contributed by atoms with Crippen LogP contribution in [0.25, 0.3) is 0 Å². The lowest BCUT2D eigenvalue weighted by atomic mass is 9.88. The number of benzene rings is 1. The minimum absolute atomic E-state index is 0.0385. The Balaban J connectivity index is 1.80. The second kappa shape index (κ2) is 7.79. The fourth-order valence-corrected chi connectivity index (χ4v) is 3.33. The Hall–Kier alpha value is -2.59. The molecule has 1 unspecified atom stereocenters. The van der Waals surface area contributed by atoms with E-state index in [1.165, 1.54) is 11.3 Å². The van der Waals surface area contributed by atoms with Gasteiger partial charge >= 0.3 is 0 Å². The van der Waals surface area contributed by atoms with Crippen LogP contribution in [0.5, 0.6) is 0 Å². The van der Waals surface area contributed by atoms with Gasteiger partial charge in [-0.25, -0.2) is 0 Å². The largest absolute Gasteiger partial charge is 0.293 e. The Morgan fingerprint density at radius 3 is 2.29 bits per heavy atom. The van der Waals surface area contributed by atoms with Gasteiger partial charge in [0.2, 0.25) is 0 Å². The summed E-state index contributed by atoms with van der Waals surface area (Å²) in [6.07, 6.45) is 2.21. The van der Waals surface area contributed by atoms with Crippen LogP contribution in [0, 0.1) is 0 Å². The minimum atomic E-state index is -0.143. The Morgan fingerprint density at radius 2 is 1.62 bits per heavy atom.